The first-order chi connectivity index (χ1) is 8.15. The summed E-state index contributed by atoms with van der Waals surface area (Å²) in [7, 11) is 0. The Labute approximate surface area is 107 Å². The molecule has 0 unspecified atom stereocenters. The van der Waals surface area contributed by atoms with Gasteiger partial charge in [0, 0.05) is 11.1 Å². The molecule has 2 aromatic rings. The van der Waals surface area contributed by atoms with Crippen LogP contribution in [-0.2, 0) is 6.54 Å². The van der Waals surface area contributed by atoms with Crippen molar-refractivity contribution in [1.29, 1.82) is 0 Å². The van der Waals surface area contributed by atoms with Crippen molar-refractivity contribution in [3.8, 4) is 0 Å². The Morgan fingerprint density at radius 3 is 2.76 bits per heavy atom. The van der Waals surface area contributed by atoms with E-state index < -0.39 is 0 Å². The van der Waals surface area contributed by atoms with E-state index in [1.54, 1.807) is 0 Å². The normalized spacial score (nSPS) is 12.6. The van der Waals surface area contributed by atoms with Crippen molar-refractivity contribution < 1.29 is 4.42 Å². The van der Waals surface area contributed by atoms with Crippen molar-refractivity contribution >= 4 is 11.6 Å². The number of aryl methyl sites for hydroxylation is 1. The third-order valence-electron chi connectivity index (χ3n) is 2.73. The highest BCUT2D eigenvalue weighted by molar-refractivity contribution is 6.30. The van der Waals surface area contributed by atoms with Gasteiger partial charge in [0.25, 0.3) is 0 Å². The molecule has 0 aliphatic carbocycles. The fourth-order valence-electron chi connectivity index (χ4n) is 1.73. The predicted octanol–water partition coefficient (Wildman–Crippen LogP) is 4.09. The van der Waals surface area contributed by atoms with Crippen LogP contribution in [0.1, 0.15) is 30.0 Å². The highest BCUT2D eigenvalue weighted by Gasteiger charge is 2.06. The van der Waals surface area contributed by atoms with Gasteiger partial charge in [-0.15, -0.1) is 0 Å². The van der Waals surface area contributed by atoms with Crippen LogP contribution in [0.25, 0.3) is 0 Å². The fourth-order valence-corrected chi connectivity index (χ4v) is 1.93. The zero-order valence-corrected chi connectivity index (χ0v) is 10.8. The van der Waals surface area contributed by atoms with E-state index in [-0.39, 0.29) is 6.04 Å². The predicted molar refractivity (Wildman–Crippen MR) is 70.2 cm³/mol. The van der Waals surface area contributed by atoms with Gasteiger partial charge in [0.1, 0.15) is 11.5 Å². The second-order valence-electron chi connectivity index (χ2n) is 4.17. The van der Waals surface area contributed by atoms with Gasteiger partial charge in [-0.1, -0.05) is 23.7 Å². The monoisotopic (exact) mass is 249 g/mol. The Balaban J connectivity index is 1.95. The van der Waals surface area contributed by atoms with Crippen molar-refractivity contribution in [3.05, 3.63) is 58.5 Å². The summed E-state index contributed by atoms with van der Waals surface area (Å²) >= 11 is 5.96. The maximum absolute atomic E-state index is 5.96. The van der Waals surface area contributed by atoms with Crippen molar-refractivity contribution in [3.63, 3.8) is 0 Å². The Bertz CT molecular complexity index is 492. The topological polar surface area (TPSA) is 25.2 Å². The van der Waals surface area contributed by atoms with E-state index in [0.29, 0.717) is 0 Å². The molecule has 3 heteroatoms. The van der Waals surface area contributed by atoms with E-state index in [0.717, 1.165) is 23.1 Å². The fraction of sp³-hybridized carbons (Fsp3) is 0.286. The quantitative estimate of drug-likeness (QED) is 0.883. The van der Waals surface area contributed by atoms with Gasteiger partial charge in [-0.2, -0.15) is 0 Å². The third kappa shape index (κ3) is 3.35. The number of hydrogen-bond acceptors (Lipinski definition) is 2. The molecular weight excluding hydrogens is 234 g/mol. The molecule has 0 saturated carbocycles. The van der Waals surface area contributed by atoms with Crippen LogP contribution in [0, 0.1) is 6.92 Å². The lowest BCUT2D eigenvalue weighted by atomic mass is 10.1. The van der Waals surface area contributed by atoms with Crippen LogP contribution in [0.5, 0.6) is 0 Å². The molecule has 0 amide bonds. The van der Waals surface area contributed by atoms with E-state index in [4.69, 9.17) is 16.0 Å². The average Bonchev–Trinajstić information content (AvgIpc) is 2.72. The second kappa shape index (κ2) is 5.39. The number of benzene rings is 1. The van der Waals surface area contributed by atoms with Gasteiger partial charge in [0.2, 0.25) is 0 Å². The van der Waals surface area contributed by atoms with Gasteiger partial charge in [-0.25, -0.2) is 0 Å². The maximum Gasteiger partial charge on any atom is 0.117 e. The minimum atomic E-state index is 0.249. The van der Waals surface area contributed by atoms with Crippen molar-refractivity contribution in [2.24, 2.45) is 0 Å². The lowest BCUT2D eigenvalue weighted by Crippen LogP contribution is -2.17. The lowest BCUT2D eigenvalue weighted by Gasteiger charge is -2.13. The first-order valence-electron chi connectivity index (χ1n) is 5.69. The molecule has 17 heavy (non-hydrogen) atoms. The molecule has 1 atom stereocenters. The molecule has 0 bridgehead atoms. The van der Waals surface area contributed by atoms with E-state index in [9.17, 15) is 0 Å². The van der Waals surface area contributed by atoms with Crippen LogP contribution in [0.2, 0.25) is 5.02 Å². The molecular formula is C14H16ClNO. The summed E-state index contributed by atoms with van der Waals surface area (Å²) in [5, 5.41) is 4.17. The molecule has 0 aliphatic rings. The Hall–Kier alpha value is -1.25. The van der Waals surface area contributed by atoms with Crippen LogP contribution >= 0.6 is 11.6 Å². The molecule has 1 aromatic carbocycles. The van der Waals surface area contributed by atoms with Gasteiger partial charge >= 0.3 is 0 Å². The largest absolute Gasteiger partial charge is 0.465 e. The van der Waals surface area contributed by atoms with Crippen molar-refractivity contribution in [2.75, 3.05) is 0 Å². The van der Waals surface area contributed by atoms with Gasteiger partial charge in [0.15, 0.2) is 0 Å². The van der Waals surface area contributed by atoms with Crippen LogP contribution < -0.4 is 5.32 Å². The third-order valence-corrected chi connectivity index (χ3v) is 2.96. The highest BCUT2D eigenvalue weighted by atomic mass is 35.5. The highest BCUT2D eigenvalue weighted by Crippen LogP contribution is 2.18. The van der Waals surface area contributed by atoms with Gasteiger partial charge in [-0.3, -0.25) is 0 Å². The summed E-state index contributed by atoms with van der Waals surface area (Å²) in [6, 6.07) is 12.1. The minimum Gasteiger partial charge on any atom is -0.465 e. The Morgan fingerprint density at radius 2 is 2.12 bits per heavy atom. The molecule has 0 aliphatic heterocycles. The molecule has 90 valence electrons. The zero-order chi connectivity index (χ0) is 12.3. The van der Waals surface area contributed by atoms with E-state index in [1.807, 2.05) is 37.3 Å². The Morgan fingerprint density at radius 1 is 1.29 bits per heavy atom. The number of furan rings is 1. The molecule has 1 heterocycles. The number of rotatable bonds is 4. The van der Waals surface area contributed by atoms with E-state index in [2.05, 4.69) is 18.3 Å². The molecule has 1 N–H and O–H groups in total. The average molecular weight is 250 g/mol. The first kappa shape index (κ1) is 12.2. The van der Waals surface area contributed by atoms with Crippen LogP contribution in [-0.4, -0.2) is 0 Å². The van der Waals surface area contributed by atoms with Gasteiger partial charge in [0.05, 0.1) is 6.54 Å². The second-order valence-corrected chi connectivity index (χ2v) is 4.61. The van der Waals surface area contributed by atoms with Crippen LogP contribution in [0.4, 0.5) is 0 Å². The first-order valence-corrected chi connectivity index (χ1v) is 6.07. The van der Waals surface area contributed by atoms with Gasteiger partial charge in [-0.05, 0) is 43.7 Å². The lowest BCUT2D eigenvalue weighted by molar-refractivity contribution is 0.444. The summed E-state index contributed by atoms with van der Waals surface area (Å²) in [6.07, 6.45) is 0. The molecule has 0 saturated heterocycles. The summed E-state index contributed by atoms with van der Waals surface area (Å²) in [5.41, 5.74) is 1.18. The number of hydrogen-bond donors (Lipinski definition) is 1. The van der Waals surface area contributed by atoms with E-state index >= 15 is 0 Å². The molecule has 2 nitrogen and oxygen atoms in total. The summed E-state index contributed by atoms with van der Waals surface area (Å²) in [5.74, 6) is 1.90. The smallest absolute Gasteiger partial charge is 0.117 e. The molecule has 2 rings (SSSR count). The molecule has 0 fully saturated rings. The Kier molecular flexibility index (Phi) is 3.87. The molecule has 0 spiro atoms. The standard InChI is InChI=1S/C14H16ClNO/c1-10-6-7-14(17-10)9-16-11(2)12-4-3-5-13(15)8-12/h3-8,11,16H,9H2,1-2H3/t11-/m1/s1. The van der Waals surface area contributed by atoms with Crippen molar-refractivity contribution in [1.82, 2.24) is 5.32 Å². The zero-order valence-electron chi connectivity index (χ0n) is 10.0. The maximum atomic E-state index is 5.96. The van der Waals surface area contributed by atoms with Gasteiger partial charge < -0.3 is 9.73 Å². The van der Waals surface area contributed by atoms with Crippen molar-refractivity contribution in [2.45, 2.75) is 26.4 Å². The van der Waals surface area contributed by atoms with Crippen LogP contribution in [0.15, 0.2) is 40.8 Å². The van der Waals surface area contributed by atoms with E-state index in [1.165, 1.54) is 5.56 Å². The molecule has 1 aromatic heterocycles. The minimum absolute atomic E-state index is 0.249. The number of halogens is 1. The summed E-state index contributed by atoms with van der Waals surface area (Å²) in [4.78, 5) is 0. The summed E-state index contributed by atoms with van der Waals surface area (Å²) in [6.45, 7) is 4.78. The SMILES string of the molecule is Cc1ccc(CN[C@H](C)c2cccc(Cl)c2)o1. The van der Waals surface area contributed by atoms with Crippen LogP contribution in [0.3, 0.4) is 0 Å². The summed E-state index contributed by atoms with van der Waals surface area (Å²) < 4.78 is 5.50. The number of nitrogens with one attached hydrogen (secondary N) is 1. The molecule has 0 radical (unpaired) electrons.